The normalized spacial score (nSPS) is 11.0. The number of hydrogen-bond acceptors (Lipinski definition) is 6. The fourth-order valence-electron chi connectivity index (χ4n) is 4.13. The van der Waals surface area contributed by atoms with Gasteiger partial charge in [-0.1, -0.05) is 31.2 Å². The van der Waals surface area contributed by atoms with Gasteiger partial charge in [-0.2, -0.15) is 10.2 Å². The second-order valence-corrected chi connectivity index (χ2v) is 9.17. The third kappa shape index (κ3) is 4.40. The molecular formula is C27H26N6OS. The van der Waals surface area contributed by atoms with Gasteiger partial charge in [0.15, 0.2) is 0 Å². The second kappa shape index (κ2) is 9.68. The molecule has 4 heterocycles. The molecule has 0 saturated heterocycles. The van der Waals surface area contributed by atoms with Gasteiger partial charge >= 0.3 is 0 Å². The molecule has 2 aromatic carbocycles. The summed E-state index contributed by atoms with van der Waals surface area (Å²) in [7, 11) is 3.64. The lowest BCUT2D eigenvalue weighted by Gasteiger charge is -2.08. The van der Waals surface area contributed by atoms with E-state index in [9.17, 15) is 0 Å². The first-order valence-electron chi connectivity index (χ1n) is 11.4. The predicted octanol–water partition coefficient (Wildman–Crippen LogP) is 6.20. The van der Waals surface area contributed by atoms with Crippen LogP contribution in [-0.4, -0.2) is 37.1 Å². The summed E-state index contributed by atoms with van der Waals surface area (Å²) in [5, 5.41) is 14.0. The summed E-state index contributed by atoms with van der Waals surface area (Å²) < 4.78 is 7.35. The van der Waals surface area contributed by atoms with Gasteiger partial charge in [0.1, 0.15) is 11.4 Å². The molecule has 0 amide bonds. The van der Waals surface area contributed by atoms with Crippen molar-refractivity contribution in [3.8, 4) is 28.3 Å². The van der Waals surface area contributed by atoms with Crippen molar-refractivity contribution in [2.24, 2.45) is 7.05 Å². The average Bonchev–Trinajstić information content (AvgIpc) is 3.66. The first-order valence-corrected chi connectivity index (χ1v) is 12.2. The minimum atomic E-state index is 0.841. The molecule has 0 fully saturated rings. The minimum Gasteiger partial charge on any atom is -0.496 e. The summed E-state index contributed by atoms with van der Waals surface area (Å²) >= 11 is 1.71. The molecule has 176 valence electrons. The predicted molar refractivity (Wildman–Crippen MR) is 142 cm³/mol. The first-order chi connectivity index (χ1) is 17.1. The molecule has 0 bridgehead atoms. The number of methoxy groups -OCH3 is 1. The van der Waals surface area contributed by atoms with Crippen molar-refractivity contribution >= 4 is 33.1 Å². The molecule has 8 heteroatoms. The number of pyridine rings is 1. The number of hydrogen-bond donors (Lipinski definition) is 1. The van der Waals surface area contributed by atoms with Gasteiger partial charge in [0.2, 0.25) is 0 Å². The third-order valence-electron chi connectivity index (χ3n) is 6.00. The molecule has 0 radical (unpaired) electrons. The third-order valence-corrected chi connectivity index (χ3v) is 6.93. The monoisotopic (exact) mass is 482 g/mol. The van der Waals surface area contributed by atoms with Crippen molar-refractivity contribution in [1.29, 1.82) is 0 Å². The van der Waals surface area contributed by atoms with Crippen LogP contribution >= 0.6 is 11.3 Å². The van der Waals surface area contributed by atoms with E-state index in [4.69, 9.17) is 9.84 Å². The van der Waals surface area contributed by atoms with Crippen molar-refractivity contribution in [3.05, 3.63) is 77.0 Å². The van der Waals surface area contributed by atoms with E-state index in [0.717, 1.165) is 62.1 Å². The number of nitrogens with zero attached hydrogens (tertiary/aromatic N) is 5. The van der Waals surface area contributed by atoms with Crippen molar-refractivity contribution in [2.75, 3.05) is 7.11 Å². The van der Waals surface area contributed by atoms with Gasteiger partial charge in [-0.25, -0.2) is 0 Å². The van der Waals surface area contributed by atoms with Crippen LogP contribution in [0.4, 0.5) is 0 Å². The number of H-pyrrole nitrogens is 1. The van der Waals surface area contributed by atoms with Gasteiger partial charge in [0.25, 0.3) is 0 Å². The summed E-state index contributed by atoms with van der Waals surface area (Å²) in [6.45, 7) is 4.18. The highest BCUT2D eigenvalue weighted by Gasteiger charge is 2.16. The highest BCUT2D eigenvalue weighted by atomic mass is 32.1. The van der Waals surface area contributed by atoms with Crippen LogP contribution in [0.3, 0.4) is 0 Å². The molecule has 1 N–H and O–H groups in total. The molecule has 0 atom stereocenters. The van der Waals surface area contributed by atoms with Crippen molar-refractivity contribution in [3.63, 3.8) is 0 Å². The SMILES string of the molecule is CCc1cncs1.COc1cc2ncc3c(c(-c4ccc(-c5ccn[nH]5)cc4)nn3C)c2cc1C. The van der Waals surface area contributed by atoms with Crippen LogP contribution in [0.1, 0.15) is 17.4 Å². The number of aromatic amines is 1. The zero-order valence-electron chi connectivity index (χ0n) is 20.1. The number of rotatable bonds is 4. The van der Waals surface area contributed by atoms with Gasteiger partial charge in [0.05, 0.1) is 35.5 Å². The Hall–Kier alpha value is -4.04. The molecule has 0 aliphatic heterocycles. The van der Waals surface area contributed by atoms with Crippen LogP contribution in [0.15, 0.2) is 66.6 Å². The first kappa shape index (κ1) is 22.7. The van der Waals surface area contributed by atoms with Crippen LogP contribution in [0, 0.1) is 6.92 Å². The lowest BCUT2D eigenvalue weighted by Crippen LogP contribution is -1.91. The van der Waals surface area contributed by atoms with E-state index < -0.39 is 0 Å². The van der Waals surface area contributed by atoms with Gasteiger partial charge in [-0.05, 0) is 36.6 Å². The average molecular weight is 483 g/mol. The highest BCUT2D eigenvalue weighted by molar-refractivity contribution is 7.09. The van der Waals surface area contributed by atoms with E-state index in [1.165, 1.54) is 4.88 Å². The van der Waals surface area contributed by atoms with E-state index in [-0.39, 0.29) is 0 Å². The Bertz CT molecular complexity index is 1570. The van der Waals surface area contributed by atoms with Crippen molar-refractivity contribution in [1.82, 2.24) is 29.9 Å². The van der Waals surface area contributed by atoms with Crippen LogP contribution < -0.4 is 4.74 Å². The molecule has 0 aliphatic rings. The van der Waals surface area contributed by atoms with E-state index in [2.05, 4.69) is 57.4 Å². The molecule has 35 heavy (non-hydrogen) atoms. The quantitative estimate of drug-likeness (QED) is 0.323. The van der Waals surface area contributed by atoms with Gasteiger partial charge in [0, 0.05) is 46.7 Å². The summed E-state index contributed by atoms with van der Waals surface area (Å²) in [5.74, 6) is 0.841. The van der Waals surface area contributed by atoms with Crippen LogP contribution in [0.2, 0.25) is 0 Å². The molecule has 6 rings (SSSR count). The maximum atomic E-state index is 5.46. The zero-order chi connectivity index (χ0) is 24.4. The molecule has 0 unspecified atom stereocenters. The van der Waals surface area contributed by atoms with Gasteiger partial charge < -0.3 is 4.74 Å². The maximum absolute atomic E-state index is 5.46. The van der Waals surface area contributed by atoms with Crippen molar-refractivity contribution in [2.45, 2.75) is 20.3 Å². The fraction of sp³-hybridized carbons (Fsp3) is 0.185. The van der Waals surface area contributed by atoms with Crippen molar-refractivity contribution < 1.29 is 4.74 Å². The zero-order valence-corrected chi connectivity index (χ0v) is 20.9. The molecule has 0 saturated carbocycles. The Morgan fingerprint density at radius 1 is 1.06 bits per heavy atom. The van der Waals surface area contributed by atoms with Crippen LogP contribution in [0.5, 0.6) is 5.75 Å². The molecule has 0 spiro atoms. The Morgan fingerprint density at radius 2 is 1.86 bits per heavy atom. The van der Waals surface area contributed by atoms with E-state index >= 15 is 0 Å². The minimum absolute atomic E-state index is 0.841. The smallest absolute Gasteiger partial charge is 0.123 e. The molecule has 7 nitrogen and oxygen atoms in total. The number of benzene rings is 2. The fourth-order valence-corrected chi connectivity index (χ4v) is 4.67. The number of aromatic nitrogens is 6. The number of fused-ring (bicyclic) bond motifs is 3. The topological polar surface area (TPSA) is 81.5 Å². The Labute approximate surface area is 207 Å². The number of aryl methyl sites for hydroxylation is 3. The lowest BCUT2D eigenvalue weighted by molar-refractivity contribution is 0.412. The molecular weight excluding hydrogens is 456 g/mol. The summed E-state index contributed by atoms with van der Waals surface area (Å²) in [6.07, 6.45) is 6.66. The Morgan fingerprint density at radius 3 is 2.49 bits per heavy atom. The summed E-state index contributed by atoms with van der Waals surface area (Å²) in [4.78, 5) is 9.90. The van der Waals surface area contributed by atoms with Gasteiger partial charge in [-0.3, -0.25) is 19.7 Å². The number of ether oxygens (including phenoxy) is 1. The van der Waals surface area contributed by atoms with E-state index in [0.29, 0.717) is 0 Å². The van der Waals surface area contributed by atoms with E-state index in [1.807, 2.05) is 48.7 Å². The summed E-state index contributed by atoms with van der Waals surface area (Å²) in [5.41, 5.74) is 8.94. The molecule has 0 aliphatic carbocycles. The highest BCUT2D eigenvalue weighted by Crippen LogP contribution is 2.35. The second-order valence-electron chi connectivity index (χ2n) is 8.20. The molecule has 6 aromatic rings. The largest absolute Gasteiger partial charge is 0.496 e. The Balaban J connectivity index is 0.000000313. The lowest BCUT2D eigenvalue weighted by atomic mass is 10.0. The van der Waals surface area contributed by atoms with Crippen LogP contribution in [0.25, 0.3) is 44.3 Å². The number of thiazole rings is 1. The summed E-state index contributed by atoms with van der Waals surface area (Å²) in [6, 6.07) is 14.4. The number of nitrogens with one attached hydrogen (secondary N) is 1. The Kier molecular flexibility index (Phi) is 6.29. The van der Waals surface area contributed by atoms with Crippen LogP contribution in [-0.2, 0) is 13.5 Å². The van der Waals surface area contributed by atoms with Gasteiger partial charge in [-0.15, -0.1) is 11.3 Å². The standard InChI is InChI=1S/C22H19N5O.C5H7NS/c1-13-10-16-18(11-20(13)28-3)23-12-19-21(16)22(26-27(19)2)15-6-4-14(5-7-15)17-8-9-24-25-17;1-2-5-3-6-4-7-5/h4-12H,1-3H3,(H,24,25);3-4H,2H2,1H3. The maximum Gasteiger partial charge on any atom is 0.123 e. The van der Waals surface area contributed by atoms with E-state index in [1.54, 1.807) is 24.6 Å². The molecule has 4 aromatic heterocycles.